The zero-order valence-corrected chi connectivity index (χ0v) is 9.98. The van der Waals surface area contributed by atoms with Gasteiger partial charge in [0.25, 0.3) is 0 Å². The molecule has 16 heavy (non-hydrogen) atoms. The Morgan fingerprint density at radius 3 is 3.12 bits per heavy atom. The topological polar surface area (TPSA) is 41.3 Å². The van der Waals surface area contributed by atoms with Crippen molar-refractivity contribution in [3.8, 4) is 0 Å². The number of hydrogen-bond donors (Lipinski definition) is 1. The predicted octanol–water partition coefficient (Wildman–Crippen LogP) is 1.64. The first-order chi connectivity index (χ1) is 7.88. The highest BCUT2D eigenvalue weighted by Gasteiger charge is 2.16. The molecule has 1 aromatic heterocycles. The third-order valence-corrected chi connectivity index (χ3v) is 3.21. The number of nitrogens with zero attached hydrogens (tertiary/aromatic N) is 2. The molecule has 0 aromatic carbocycles. The molecule has 0 amide bonds. The fourth-order valence-corrected chi connectivity index (χ4v) is 2.24. The van der Waals surface area contributed by atoms with E-state index in [1.807, 2.05) is 6.07 Å². The largest absolute Gasteiger partial charge is 0.360 e. The summed E-state index contributed by atoms with van der Waals surface area (Å²) < 4.78 is 5.14. The van der Waals surface area contributed by atoms with Crippen molar-refractivity contribution in [2.75, 3.05) is 19.6 Å². The molecule has 0 saturated carbocycles. The molecular formula is C12H21N3O. The van der Waals surface area contributed by atoms with Crippen LogP contribution in [0.1, 0.15) is 31.9 Å². The van der Waals surface area contributed by atoms with E-state index in [0.717, 1.165) is 25.4 Å². The van der Waals surface area contributed by atoms with Gasteiger partial charge in [-0.15, -0.1) is 0 Å². The van der Waals surface area contributed by atoms with Gasteiger partial charge >= 0.3 is 0 Å². The molecule has 4 nitrogen and oxygen atoms in total. The third kappa shape index (κ3) is 3.32. The van der Waals surface area contributed by atoms with Crippen LogP contribution >= 0.6 is 0 Å². The Balaban J connectivity index is 1.80. The Kier molecular flexibility index (Phi) is 4.36. The lowest BCUT2D eigenvalue weighted by atomic mass is 10.0. The molecule has 1 fully saturated rings. The highest BCUT2D eigenvalue weighted by molar-refractivity contribution is 4.93. The van der Waals surface area contributed by atoms with Crippen LogP contribution < -0.4 is 5.32 Å². The minimum Gasteiger partial charge on any atom is -0.360 e. The van der Waals surface area contributed by atoms with E-state index in [0.29, 0.717) is 6.04 Å². The van der Waals surface area contributed by atoms with Crippen LogP contribution in [0.3, 0.4) is 0 Å². The number of aromatic nitrogens is 1. The van der Waals surface area contributed by atoms with Crippen molar-refractivity contribution < 1.29 is 4.52 Å². The summed E-state index contributed by atoms with van der Waals surface area (Å²) in [4.78, 5) is 2.41. The van der Waals surface area contributed by atoms with E-state index in [1.54, 1.807) is 6.20 Å². The van der Waals surface area contributed by atoms with Gasteiger partial charge in [-0.25, -0.2) is 0 Å². The minimum atomic E-state index is 0.650. The lowest BCUT2D eigenvalue weighted by molar-refractivity contribution is 0.204. The number of rotatable bonds is 5. The molecule has 2 heterocycles. The number of likely N-dealkylation sites (N-methyl/N-ethyl adjacent to an activating group) is 1. The van der Waals surface area contributed by atoms with Gasteiger partial charge in [0.1, 0.15) is 0 Å². The standard InChI is InChI=1S/C12H21N3O/c1-2-15(10-12-6-8-14-16-12)9-11-5-3-4-7-13-11/h6,8,11,13H,2-5,7,9-10H2,1H3. The first-order valence-electron chi connectivity index (χ1n) is 6.23. The Morgan fingerprint density at radius 1 is 1.56 bits per heavy atom. The lowest BCUT2D eigenvalue weighted by Gasteiger charge is -2.29. The molecule has 0 spiro atoms. The maximum atomic E-state index is 5.14. The first kappa shape index (κ1) is 11.6. The summed E-state index contributed by atoms with van der Waals surface area (Å²) in [7, 11) is 0. The molecule has 1 aromatic rings. The van der Waals surface area contributed by atoms with E-state index >= 15 is 0 Å². The lowest BCUT2D eigenvalue weighted by Crippen LogP contribution is -2.43. The van der Waals surface area contributed by atoms with Crippen molar-refractivity contribution in [1.29, 1.82) is 0 Å². The summed E-state index contributed by atoms with van der Waals surface area (Å²) >= 11 is 0. The van der Waals surface area contributed by atoms with Crippen LogP contribution in [0.4, 0.5) is 0 Å². The van der Waals surface area contributed by atoms with Crippen LogP contribution in [0.25, 0.3) is 0 Å². The normalized spacial score (nSPS) is 21.5. The highest BCUT2D eigenvalue weighted by Crippen LogP contribution is 2.10. The van der Waals surface area contributed by atoms with Crippen LogP contribution in [-0.2, 0) is 6.54 Å². The monoisotopic (exact) mass is 223 g/mol. The minimum absolute atomic E-state index is 0.650. The smallest absolute Gasteiger partial charge is 0.150 e. The van der Waals surface area contributed by atoms with Crippen molar-refractivity contribution in [3.05, 3.63) is 18.0 Å². The van der Waals surface area contributed by atoms with Gasteiger partial charge < -0.3 is 9.84 Å². The number of hydrogen-bond acceptors (Lipinski definition) is 4. The second kappa shape index (κ2) is 6.01. The Hall–Kier alpha value is -0.870. The molecule has 0 bridgehead atoms. The van der Waals surface area contributed by atoms with Gasteiger partial charge in [-0.2, -0.15) is 0 Å². The van der Waals surface area contributed by atoms with E-state index in [4.69, 9.17) is 4.52 Å². The van der Waals surface area contributed by atoms with E-state index in [-0.39, 0.29) is 0 Å². The molecule has 90 valence electrons. The second-order valence-corrected chi connectivity index (χ2v) is 4.45. The average Bonchev–Trinajstić information content (AvgIpc) is 2.82. The maximum Gasteiger partial charge on any atom is 0.150 e. The van der Waals surface area contributed by atoms with E-state index in [9.17, 15) is 0 Å². The van der Waals surface area contributed by atoms with Gasteiger partial charge in [-0.05, 0) is 25.9 Å². The van der Waals surface area contributed by atoms with Crippen LogP contribution in [-0.4, -0.2) is 35.7 Å². The maximum absolute atomic E-state index is 5.14. The van der Waals surface area contributed by atoms with E-state index in [1.165, 1.54) is 25.8 Å². The van der Waals surface area contributed by atoms with Crippen molar-refractivity contribution in [2.45, 2.75) is 38.8 Å². The summed E-state index contributed by atoms with van der Waals surface area (Å²) in [6.07, 6.45) is 5.69. The Labute approximate surface area is 97.0 Å². The molecule has 1 unspecified atom stereocenters. The van der Waals surface area contributed by atoms with E-state index < -0.39 is 0 Å². The van der Waals surface area contributed by atoms with Crippen LogP contribution in [0.2, 0.25) is 0 Å². The Bertz CT molecular complexity index is 280. The van der Waals surface area contributed by atoms with Gasteiger partial charge in [-0.3, -0.25) is 4.90 Å². The molecular weight excluding hydrogens is 202 g/mol. The quantitative estimate of drug-likeness (QED) is 0.824. The SMILES string of the molecule is CCN(Cc1ccno1)CC1CCCCN1. The van der Waals surface area contributed by atoms with Crippen molar-refractivity contribution in [2.24, 2.45) is 0 Å². The van der Waals surface area contributed by atoms with Crippen molar-refractivity contribution in [3.63, 3.8) is 0 Å². The van der Waals surface area contributed by atoms with Crippen LogP contribution in [0.5, 0.6) is 0 Å². The first-order valence-corrected chi connectivity index (χ1v) is 6.23. The molecule has 0 radical (unpaired) electrons. The second-order valence-electron chi connectivity index (χ2n) is 4.45. The zero-order chi connectivity index (χ0) is 11.2. The van der Waals surface area contributed by atoms with Gasteiger partial charge in [0.2, 0.25) is 0 Å². The van der Waals surface area contributed by atoms with Crippen molar-refractivity contribution >= 4 is 0 Å². The van der Waals surface area contributed by atoms with Crippen LogP contribution in [0, 0.1) is 0 Å². The zero-order valence-electron chi connectivity index (χ0n) is 9.98. The summed E-state index contributed by atoms with van der Waals surface area (Å²) in [5.74, 6) is 0.956. The molecule has 1 saturated heterocycles. The summed E-state index contributed by atoms with van der Waals surface area (Å²) in [6.45, 7) is 6.40. The molecule has 1 aliphatic rings. The predicted molar refractivity (Wildman–Crippen MR) is 63.1 cm³/mol. The fourth-order valence-electron chi connectivity index (χ4n) is 2.24. The average molecular weight is 223 g/mol. The highest BCUT2D eigenvalue weighted by atomic mass is 16.5. The third-order valence-electron chi connectivity index (χ3n) is 3.21. The van der Waals surface area contributed by atoms with Gasteiger partial charge in [0, 0.05) is 18.7 Å². The van der Waals surface area contributed by atoms with Gasteiger partial charge in [0.15, 0.2) is 5.76 Å². The van der Waals surface area contributed by atoms with Gasteiger partial charge in [0.05, 0.1) is 12.7 Å². The number of piperidine rings is 1. The fraction of sp³-hybridized carbons (Fsp3) is 0.750. The summed E-state index contributed by atoms with van der Waals surface area (Å²) in [5, 5.41) is 7.31. The van der Waals surface area contributed by atoms with E-state index in [2.05, 4.69) is 22.3 Å². The molecule has 2 rings (SSSR count). The molecule has 1 aliphatic heterocycles. The summed E-state index contributed by atoms with van der Waals surface area (Å²) in [5.41, 5.74) is 0. The molecule has 4 heteroatoms. The van der Waals surface area contributed by atoms with Crippen LogP contribution in [0.15, 0.2) is 16.8 Å². The molecule has 0 aliphatic carbocycles. The Morgan fingerprint density at radius 2 is 2.50 bits per heavy atom. The molecule has 1 N–H and O–H groups in total. The number of nitrogens with one attached hydrogen (secondary N) is 1. The van der Waals surface area contributed by atoms with Gasteiger partial charge in [-0.1, -0.05) is 18.5 Å². The molecule has 1 atom stereocenters. The van der Waals surface area contributed by atoms with Crippen molar-refractivity contribution in [1.82, 2.24) is 15.4 Å². The summed E-state index contributed by atoms with van der Waals surface area (Å²) in [6, 6.07) is 2.59.